The molecule has 0 radical (unpaired) electrons. The number of amides is 2. The van der Waals surface area contributed by atoms with Crippen molar-refractivity contribution in [3.63, 3.8) is 0 Å². The average Bonchev–Trinajstić information content (AvgIpc) is 3.52. The number of ether oxygens (including phenoxy) is 2. The van der Waals surface area contributed by atoms with Crippen molar-refractivity contribution in [2.24, 2.45) is 4.99 Å². The second-order valence-corrected chi connectivity index (χ2v) is 10.9. The van der Waals surface area contributed by atoms with Gasteiger partial charge >= 0.3 is 6.09 Å². The number of aromatic nitrogens is 2. The standard InChI is InChI=1S/C29H32FN5O4S.C2H6/c1-18-16-34(17-32-18)23-12-7-19(14-25(23)38-5)13-22-26(36)35(27(33-22)40-6)24(20-8-10-21(30)11-9-20)15-31-28(37)39-29(2,3)4;1-2/h7-14,16-17,24H,15H2,1-6H3,(H,31,37);1-2H3/b22-13-;. The number of rotatable bonds is 7. The molecule has 1 aliphatic rings. The zero-order valence-electron chi connectivity index (χ0n) is 25.3. The highest BCUT2D eigenvalue weighted by atomic mass is 32.2. The van der Waals surface area contributed by atoms with E-state index >= 15 is 0 Å². The van der Waals surface area contributed by atoms with Crippen molar-refractivity contribution >= 4 is 35.0 Å². The number of nitrogens with zero attached hydrogens (tertiary/aromatic N) is 4. The predicted octanol–water partition coefficient (Wildman–Crippen LogP) is 6.52. The van der Waals surface area contributed by atoms with E-state index in [0.717, 1.165) is 16.9 Å². The van der Waals surface area contributed by atoms with Crippen molar-refractivity contribution in [3.05, 3.63) is 83.3 Å². The number of carbonyl (C=O) groups is 2. The number of thioether (sulfide) groups is 1. The van der Waals surface area contributed by atoms with Crippen molar-refractivity contribution in [2.45, 2.75) is 53.2 Å². The van der Waals surface area contributed by atoms with Crippen LogP contribution < -0.4 is 10.1 Å². The molecule has 2 aromatic carbocycles. The Morgan fingerprint density at radius 2 is 1.86 bits per heavy atom. The van der Waals surface area contributed by atoms with Crippen LogP contribution in [0, 0.1) is 12.7 Å². The lowest BCUT2D eigenvalue weighted by molar-refractivity contribution is -0.124. The monoisotopic (exact) mass is 595 g/mol. The number of methoxy groups -OCH3 is 1. The third-order valence-electron chi connectivity index (χ3n) is 5.94. The molecule has 224 valence electrons. The number of nitrogens with one attached hydrogen (secondary N) is 1. The zero-order valence-corrected chi connectivity index (χ0v) is 26.1. The number of aliphatic imine (C=N–C) groups is 1. The predicted molar refractivity (Wildman–Crippen MR) is 165 cm³/mol. The molecule has 9 nitrogen and oxygen atoms in total. The van der Waals surface area contributed by atoms with Crippen molar-refractivity contribution in [1.82, 2.24) is 19.8 Å². The Kier molecular flexibility index (Phi) is 10.9. The summed E-state index contributed by atoms with van der Waals surface area (Å²) in [5, 5.41) is 3.19. The van der Waals surface area contributed by atoms with Gasteiger partial charge in [0, 0.05) is 12.7 Å². The molecule has 2 heterocycles. The van der Waals surface area contributed by atoms with Crippen LogP contribution in [-0.4, -0.2) is 57.1 Å². The van der Waals surface area contributed by atoms with Crippen LogP contribution >= 0.6 is 11.8 Å². The molecule has 0 aliphatic carbocycles. The number of halogens is 1. The molecule has 1 N–H and O–H groups in total. The molecule has 4 rings (SSSR count). The molecule has 11 heteroatoms. The third kappa shape index (κ3) is 8.00. The topological polar surface area (TPSA) is 98.0 Å². The first kappa shape index (κ1) is 32.4. The van der Waals surface area contributed by atoms with E-state index in [1.165, 1.54) is 28.8 Å². The lowest BCUT2D eigenvalue weighted by Gasteiger charge is -2.29. The highest BCUT2D eigenvalue weighted by Gasteiger charge is 2.37. The molecular formula is C31H38FN5O4S. The molecule has 42 heavy (non-hydrogen) atoms. The van der Waals surface area contributed by atoms with Crippen LogP contribution in [0.4, 0.5) is 9.18 Å². The number of imidazole rings is 1. The lowest BCUT2D eigenvalue weighted by atomic mass is 10.0. The SMILES string of the molecule is CC.COc1cc(/C=C2\N=C(SC)N(C(CNC(=O)OC(C)(C)C)c3ccc(F)cc3)C2=O)ccc1-n1cnc(C)c1. The fourth-order valence-corrected chi connectivity index (χ4v) is 4.77. The Bertz CT molecular complexity index is 1460. The van der Waals surface area contributed by atoms with Crippen LogP contribution in [0.2, 0.25) is 0 Å². The number of aryl methyl sites for hydroxylation is 1. The first-order valence-electron chi connectivity index (χ1n) is 13.6. The van der Waals surface area contributed by atoms with Gasteiger partial charge in [0.2, 0.25) is 0 Å². The number of hydrogen-bond acceptors (Lipinski definition) is 7. The van der Waals surface area contributed by atoms with Crippen molar-refractivity contribution < 1.29 is 23.5 Å². The summed E-state index contributed by atoms with van der Waals surface area (Å²) in [7, 11) is 1.58. The largest absolute Gasteiger partial charge is 0.495 e. The van der Waals surface area contributed by atoms with E-state index in [1.807, 2.05) is 56.0 Å². The smallest absolute Gasteiger partial charge is 0.407 e. The second-order valence-electron chi connectivity index (χ2n) is 10.1. The van der Waals surface area contributed by atoms with Crippen LogP contribution in [0.15, 0.2) is 65.7 Å². The summed E-state index contributed by atoms with van der Waals surface area (Å²) in [6, 6.07) is 10.7. The average molecular weight is 596 g/mol. The molecule has 0 saturated heterocycles. The summed E-state index contributed by atoms with van der Waals surface area (Å²) in [5.41, 5.74) is 2.58. The van der Waals surface area contributed by atoms with E-state index in [-0.39, 0.29) is 18.1 Å². The van der Waals surface area contributed by atoms with E-state index in [9.17, 15) is 14.0 Å². The molecule has 1 aromatic heterocycles. The molecule has 0 bridgehead atoms. The van der Waals surface area contributed by atoms with Gasteiger partial charge in [-0.15, -0.1) is 0 Å². The van der Waals surface area contributed by atoms with E-state index < -0.39 is 23.6 Å². The Morgan fingerprint density at radius 3 is 2.43 bits per heavy atom. The maximum atomic E-state index is 13.7. The fraction of sp³-hybridized carbons (Fsp3) is 0.355. The minimum atomic E-state index is -0.686. The highest BCUT2D eigenvalue weighted by molar-refractivity contribution is 8.13. The van der Waals surface area contributed by atoms with Crippen LogP contribution in [-0.2, 0) is 9.53 Å². The van der Waals surface area contributed by atoms with Gasteiger partial charge < -0.3 is 19.4 Å². The van der Waals surface area contributed by atoms with Gasteiger partial charge in [-0.1, -0.05) is 43.8 Å². The Morgan fingerprint density at radius 1 is 1.17 bits per heavy atom. The van der Waals surface area contributed by atoms with Gasteiger partial charge in [0.25, 0.3) is 5.91 Å². The summed E-state index contributed by atoms with van der Waals surface area (Å²) in [5.74, 6) is -0.148. The molecule has 1 unspecified atom stereocenters. The van der Waals surface area contributed by atoms with Crippen molar-refractivity contribution in [3.8, 4) is 11.4 Å². The van der Waals surface area contributed by atoms with Gasteiger partial charge in [-0.05, 0) is 75.4 Å². The molecule has 1 atom stereocenters. The van der Waals surface area contributed by atoms with Crippen LogP contribution in [0.5, 0.6) is 5.75 Å². The Hall–Kier alpha value is -4.12. The number of benzene rings is 2. The van der Waals surface area contributed by atoms with Gasteiger partial charge in [-0.2, -0.15) is 0 Å². The van der Waals surface area contributed by atoms with Crippen LogP contribution in [0.3, 0.4) is 0 Å². The second kappa shape index (κ2) is 14.2. The third-order valence-corrected chi connectivity index (χ3v) is 6.60. The maximum absolute atomic E-state index is 13.7. The van der Waals surface area contributed by atoms with Gasteiger partial charge in [-0.3, -0.25) is 9.69 Å². The molecule has 3 aromatic rings. The van der Waals surface area contributed by atoms with Crippen molar-refractivity contribution in [1.29, 1.82) is 0 Å². The Balaban J connectivity index is 0.00000237. The minimum Gasteiger partial charge on any atom is -0.495 e. The lowest BCUT2D eigenvalue weighted by Crippen LogP contribution is -2.42. The molecule has 1 aliphatic heterocycles. The summed E-state index contributed by atoms with van der Waals surface area (Å²) in [6.07, 6.45) is 6.48. The normalized spacial score (nSPS) is 14.7. The van der Waals surface area contributed by atoms with E-state index in [1.54, 1.807) is 52.4 Å². The number of carbonyl (C=O) groups excluding carboxylic acids is 2. The van der Waals surface area contributed by atoms with Gasteiger partial charge in [0.15, 0.2) is 5.17 Å². The molecular weight excluding hydrogens is 557 g/mol. The summed E-state index contributed by atoms with van der Waals surface area (Å²) in [4.78, 5) is 36.6. The number of alkyl carbamates (subject to hydrolysis) is 1. The zero-order chi connectivity index (χ0) is 31.0. The van der Waals surface area contributed by atoms with Crippen molar-refractivity contribution in [2.75, 3.05) is 19.9 Å². The number of amidine groups is 1. The highest BCUT2D eigenvalue weighted by Crippen LogP contribution is 2.33. The number of hydrogen-bond donors (Lipinski definition) is 1. The first-order chi connectivity index (χ1) is 20.0. The van der Waals surface area contributed by atoms with Gasteiger partial charge in [0.05, 0.1) is 30.9 Å². The molecule has 2 amide bonds. The molecule has 0 saturated carbocycles. The first-order valence-corrected chi connectivity index (χ1v) is 14.8. The van der Waals surface area contributed by atoms with E-state index in [4.69, 9.17) is 9.47 Å². The van der Waals surface area contributed by atoms with Crippen LogP contribution in [0.25, 0.3) is 11.8 Å². The maximum Gasteiger partial charge on any atom is 0.407 e. The Labute approximate surface area is 250 Å². The quantitative estimate of drug-likeness (QED) is 0.312. The summed E-state index contributed by atoms with van der Waals surface area (Å²) < 4.78 is 26.6. The molecule has 0 spiro atoms. The van der Waals surface area contributed by atoms with E-state index in [0.29, 0.717) is 16.5 Å². The molecule has 0 fully saturated rings. The fourth-order valence-electron chi connectivity index (χ4n) is 4.17. The van der Waals surface area contributed by atoms with Gasteiger partial charge in [0.1, 0.15) is 22.9 Å². The minimum absolute atomic E-state index is 0.0337. The summed E-state index contributed by atoms with van der Waals surface area (Å²) in [6.45, 7) is 11.2. The van der Waals surface area contributed by atoms with Gasteiger partial charge in [-0.25, -0.2) is 19.2 Å². The van der Waals surface area contributed by atoms with E-state index in [2.05, 4.69) is 15.3 Å². The van der Waals surface area contributed by atoms with Crippen LogP contribution in [0.1, 0.15) is 57.5 Å². The summed E-state index contributed by atoms with van der Waals surface area (Å²) >= 11 is 1.30.